The van der Waals surface area contributed by atoms with Crippen molar-refractivity contribution < 1.29 is 19.4 Å². The number of rotatable bonds is 2. The molecule has 1 unspecified atom stereocenters. The van der Waals surface area contributed by atoms with E-state index in [1.54, 1.807) is 18.2 Å². The van der Waals surface area contributed by atoms with Gasteiger partial charge in [-0.3, -0.25) is 4.79 Å². The van der Waals surface area contributed by atoms with Crippen LogP contribution in [-0.4, -0.2) is 21.8 Å². The fraction of sp³-hybridized carbons (Fsp3) is 0.250. The number of carboxylic acid groups (broad SMARTS) is 1. The van der Waals surface area contributed by atoms with Gasteiger partial charge in [0.25, 0.3) is 0 Å². The minimum Gasteiger partial charge on any atom is -0.477 e. The van der Waals surface area contributed by atoms with Gasteiger partial charge < -0.3 is 14.8 Å². The predicted molar refractivity (Wildman–Crippen MR) is 114 cm³/mol. The van der Waals surface area contributed by atoms with E-state index in [-0.39, 0.29) is 16.9 Å². The largest absolute Gasteiger partial charge is 0.477 e. The van der Waals surface area contributed by atoms with Gasteiger partial charge in [-0.15, -0.1) is 0 Å². The molecular formula is C24H20ClNO4. The van der Waals surface area contributed by atoms with Crippen LogP contribution in [-0.2, 0) is 4.79 Å². The van der Waals surface area contributed by atoms with E-state index in [0.717, 1.165) is 5.39 Å². The second-order valence-electron chi connectivity index (χ2n) is 8.76. The molecule has 0 saturated carbocycles. The van der Waals surface area contributed by atoms with E-state index < -0.39 is 11.9 Å². The van der Waals surface area contributed by atoms with Gasteiger partial charge in [-0.05, 0) is 29.7 Å². The van der Waals surface area contributed by atoms with Crippen LogP contribution in [0, 0.1) is 5.41 Å². The van der Waals surface area contributed by atoms with E-state index in [9.17, 15) is 14.7 Å². The second kappa shape index (κ2) is 6.47. The third-order valence-corrected chi connectivity index (χ3v) is 6.17. The highest BCUT2D eigenvalue weighted by Crippen LogP contribution is 2.52. The first-order chi connectivity index (χ1) is 14.2. The number of aromatic carboxylic acids is 1. The second-order valence-corrected chi connectivity index (χ2v) is 9.20. The number of Topliss-reactive ketones (excluding diaryl/α,β-unsaturated/α-hetero) is 1. The Morgan fingerprint density at radius 2 is 1.97 bits per heavy atom. The summed E-state index contributed by atoms with van der Waals surface area (Å²) in [6, 6.07) is 12.7. The van der Waals surface area contributed by atoms with Gasteiger partial charge in [0.2, 0.25) is 0 Å². The topological polar surface area (TPSA) is 79.4 Å². The van der Waals surface area contributed by atoms with Crippen molar-refractivity contribution in [2.45, 2.75) is 32.6 Å². The van der Waals surface area contributed by atoms with Crippen LogP contribution in [0.5, 0.6) is 5.75 Å². The lowest BCUT2D eigenvalue weighted by atomic mass is 9.69. The van der Waals surface area contributed by atoms with Crippen LogP contribution in [0.2, 0.25) is 5.02 Å². The average molecular weight is 422 g/mol. The average Bonchev–Trinajstić information content (AvgIpc) is 3.05. The maximum atomic E-state index is 13.3. The Morgan fingerprint density at radius 3 is 2.73 bits per heavy atom. The fourth-order valence-electron chi connectivity index (χ4n) is 4.75. The molecule has 5 nitrogen and oxygen atoms in total. The summed E-state index contributed by atoms with van der Waals surface area (Å²) < 4.78 is 6.18. The Hall–Kier alpha value is -3.05. The third kappa shape index (κ3) is 2.84. The molecule has 0 amide bonds. The number of nitrogens with one attached hydrogen (secondary N) is 1. The van der Waals surface area contributed by atoms with Gasteiger partial charge in [0.1, 0.15) is 17.2 Å². The fourth-order valence-corrected chi connectivity index (χ4v) is 4.93. The van der Waals surface area contributed by atoms with Crippen LogP contribution < -0.4 is 4.74 Å². The number of ether oxygens (including phenoxy) is 1. The molecule has 2 heterocycles. The quantitative estimate of drug-likeness (QED) is 0.557. The molecule has 2 aliphatic rings. The zero-order valence-electron chi connectivity index (χ0n) is 16.6. The summed E-state index contributed by atoms with van der Waals surface area (Å²) in [7, 11) is 0. The van der Waals surface area contributed by atoms with Crippen LogP contribution in [0.4, 0.5) is 0 Å². The lowest BCUT2D eigenvalue weighted by Gasteiger charge is -2.38. The van der Waals surface area contributed by atoms with Crippen LogP contribution in [0.3, 0.4) is 0 Å². The van der Waals surface area contributed by atoms with Crippen molar-refractivity contribution in [2.75, 3.05) is 0 Å². The number of allylic oxidation sites excluding steroid dienone is 2. The van der Waals surface area contributed by atoms with Crippen LogP contribution in [0.25, 0.3) is 10.9 Å². The summed E-state index contributed by atoms with van der Waals surface area (Å²) in [5, 5.41) is 11.2. The van der Waals surface area contributed by atoms with Crippen molar-refractivity contribution in [2.24, 2.45) is 5.41 Å². The molecule has 2 aromatic carbocycles. The van der Waals surface area contributed by atoms with E-state index >= 15 is 0 Å². The smallest absolute Gasteiger partial charge is 0.352 e. The van der Waals surface area contributed by atoms with Crippen LogP contribution in [0.1, 0.15) is 54.2 Å². The summed E-state index contributed by atoms with van der Waals surface area (Å²) in [6.07, 6.45) is 0.990. The molecule has 2 N–H and O–H groups in total. The Kier molecular flexibility index (Phi) is 4.09. The highest BCUT2D eigenvalue weighted by Gasteiger charge is 2.44. The van der Waals surface area contributed by atoms with E-state index in [1.165, 1.54) is 0 Å². The van der Waals surface area contributed by atoms with E-state index in [2.05, 4.69) is 4.98 Å². The normalized spacial score (nSPS) is 20.0. The van der Waals surface area contributed by atoms with E-state index in [4.69, 9.17) is 16.3 Å². The van der Waals surface area contributed by atoms with Gasteiger partial charge >= 0.3 is 5.97 Å². The number of carboxylic acids is 1. The lowest BCUT2D eigenvalue weighted by molar-refractivity contribution is -0.118. The van der Waals surface area contributed by atoms with Crippen molar-refractivity contribution >= 4 is 34.3 Å². The minimum absolute atomic E-state index is 0.0153. The number of carbonyl (C=O) groups excluding carboxylic acids is 1. The molecule has 1 aliphatic heterocycles. The molecule has 3 aromatic rings. The molecule has 0 bridgehead atoms. The molecule has 0 fully saturated rings. The molecule has 0 spiro atoms. The molecule has 152 valence electrons. The van der Waals surface area contributed by atoms with Gasteiger partial charge in [0, 0.05) is 51.4 Å². The summed E-state index contributed by atoms with van der Waals surface area (Å²) in [5.74, 6) is -0.415. The molecule has 1 atom stereocenters. The van der Waals surface area contributed by atoms with Crippen molar-refractivity contribution in [1.82, 2.24) is 4.98 Å². The van der Waals surface area contributed by atoms with Gasteiger partial charge in [0.15, 0.2) is 5.78 Å². The maximum Gasteiger partial charge on any atom is 0.352 e. The zero-order valence-corrected chi connectivity index (χ0v) is 17.3. The number of carbonyl (C=O) groups is 2. The van der Waals surface area contributed by atoms with Crippen molar-refractivity contribution in [3.8, 4) is 5.75 Å². The maximum absolute atomic E-state index is 13.3. The molecule has 0 radical (unpaired) electrons. The Labute approximate surface area is 178 Å². The first-order valence-electron chi connectivity index (χ1n) is 9.82. The van der Waals surface area contributed by atoms with Gasteiger partial charge in [0.05, 0.1) is 0 Å². The molecule has 1 aromatic heterocycles. The van der Waals surface area contributed by atoms with E-state index in [1.807, 2.05) is 38.1 Å². The minimum atomic E-state index is -1.07. The van der Waals surface area contributed by atoms with Crippen LogP contribution in [0.15, 0.2) is 53.8 Å². The summed E-state index contributed by atoms with van der Waals surface area (Å²) >= 11 is 6.30. The summed E-state index contributed by atoms with van der Waals surface area (Å²) in [4.78, 5) is 28.5. The number of aromatic amines is 1. The Bertz CT molecular complexity index is 1270. The summed E-state index contributed by atoms with van der Waals surface area (Å²) in [6.45, 7) is 4.08. The zero-order chi connectivity index (χ0) is 21.2. The van der Waals surface area contributed by atoms with Gasteiger partial charge in [-0.1, -0.05) is 43.6 Å². The number of hydrogen-bond donors (Lipinski definition) is 2. The number of halogens is 1. The number of aromatic nitrogens is 1. The monoisotopic (exact) mass is 421 g/mol. The first kappa shape index (κ1) is 18.9. The molecule has 1 aliphatic carbocycles. The standard InChI is InChI=1S/C24H20ClNO4/c1-24(2)10-16(27)21-18(11-24)30-17-8-7-12(25)9-14(17)19(21)20-13-5-3-4-6-15(13)26-22(20)23(28)29/h3-9,19,26H,10-11H2,1-2H3,(H,28,29). The van der Waals surface area contributed by atoms with Crippen molar-refractivity contribution in [3.63, 3.8) is 0 Å². The van der Waals surface area contributed by atoms with Crippen molar-refractivity contribution in [1.29, 1.82) is 0 Å². The molecule has 0 saturated heterocycles. The number of para-hydroxylation sites is 1. The highest BCUT2D eigenvalue weighted by atomic mass is 35.5. The number of benzene rings is 2. The third-order valence-electron chi connectivity index (χ3n) is 5.93. The van der Waals surface area contributed by atoms with Crippen LogP contribution >= 0.6 is 11.6 Å². The number of fused-ring (bicyclic) bond motifs is 2. The number of ketones is 1. The highest BCUT2D eigenvalue weighted by molar-refractivity contribution is 6.30. The SMILES string of the molecule is CC1(C)CC(=O)C2=C(C1)Oc1ccc(Cl)cc1C2c1c(C(=O)O)[nH]c2ccccc12. The predicted octanol–water partition coefficient (Wildman–Crippen LogP) is 5.69. The van der Waals surface area contributed by atoms with Gasteiger partial charge in [-0.25, -0.2) is 4.79 Å². The summed E-state index contributed by atoms with van der Waals surface area (Å²) in [5.41, 5.74) is 2.40. The lowest BCUT2D eigenvalue weighted by Crippen LogP contribution is -2.33. The first-order valence-corrected chi connectivity index (χ1v) is 10.2. The van der Waals surface area contributed by atoms with E-state index in [0.29, 0.717) is 51.6 Å². The molecule has 6 heteroatoms. The Balaban J connectivity index is 1.86. The Morgan fingerprint density at radius 1 is 1.20 bits per heavy atom. The number of H-pyrrole nitrogens is 1. The molecule has 5 rings (SSSR count). The van der Waals surface area contributed by atoms with Crippen molar-refractivity contribution in [3.05, 3.63) is 75.6 Å². The molecule has 30 heavy (non-hydrogen) atoms. The molecular weight excluding hydrogens is 402 g/mol. The number of hydrogen-bond acceptors (Lipinski definition) is 3. The van der Waals surface area contributed by atoms with Gasteiger partial charge in [-0.2, -0.15) is 0 Å².